The molecule has 0 saturated heterocycles. The van der Waals surface area contributed by atoms with Gasteiger partial charge >= 0.3 is 0 Å². The maximum atomic E-state index is 11.2. The Morgan fingerprint density at radius 2 is 0.621 bits per heavy atom. The smallest absolute Gasteiger partial charge is 0.279 e. The molecule has 0 saturated carbocycles. The molecular weight excluding hydrogens is 809 g/mol. The Morgan fingerprint density at radius 1 is 0.362 bits per heavy atom. The molecule has 0 aliphatic carbocycles. The Hall–Kier alpha value is -0.880. The minimum atomic E-state index is 0.0541. The Bertz CT molecular complexity index is 1010. The Kier molecular flexibility index (Phi) is 44.2. The second kappa shape index (κ2) is 40.2. The van der Waals surface area contributed by atoms with Crippen molar-refractivity contribution in [3.05, 3.63) is 0 Å². The van der Waals surface area contributed by atoms with Crippen molar-refractivity contribution in [2.24, 2.45) is 0 Å². The Labute approximate surface area is 376 Å². The highest BCUT2D eigenvalue weighted by atomic mass is 32.2. The number of hydrogen-bond acceptors (Lipinski definition) is 8. The predicted molar refractivity (Wildman–Crippen MR) is 264 cm³/mol. The molecule has 12 nitrogen and oxygen atoms in total. The second-order valence-electron chi connectivity index (χ2n) is 15.6. The van der Waals surface area contributed by atoms with Crippen molar-refractivity contribution in [3.63, 3.8) is 0 Å². The monoisotopic (exact) mass is 905 g/mol. The lowest BCUT2D eigenvalue weighted by Crippen LogP contribution is -2.50. The highest BCUT2D eigenvalue weighted by molar-refractivity contribution is 8.14. The molecule has 0 heterocycles. The van der Waals surface area contributed by atoms with Crippen molar-refractivity contribution in [2.75, 3.05) is 157 Å². The van der Waals surface area contributed by atoms with Crippen LogP contribution in [0.4, 0.5) is 19.2 Å². The van der Waals surface area contributed by atoms with Gasteiger partial charge in [0.25, 0.3) is 21.0 Å². The highest BCUT2D eigenvalue weighted by Crippen LogP contribution is 2.15. The van der Waals surface area contributed by atoms with E-state index in [-0.39, 0.29) is 21.0 Å². The van der Waals surface area contributed by atoms with Crippen LogP contribution in [0.1, 0.15) is 94.4 Å². The molecule has 0 aromatic heterocycles. The summed E-state index contributed by atoms with van der Waals surface area (Å²) in [6, 6.07) is 0. The van der Waals surface area contributed by atoms with E-state index in [4.69, 9.17) is 0 Å². The summed E-state index contributed by atoms with van der Waals surface area (Å²) in [7, 11) is 13.1. The zero-order valence-corrected chi connectivity index (χ0v) is 43.9. The molecule has 1 unspecified atom stereocenters. The molecule has 16 heteroatoms. The fraction of sp³-hybridized carbons (Fsp3) is 0.905. The molecule has 1 atom stereocenters. The van der Waals surface area contributed by atoms with Crippen LogP contribution < -0.4 is 21.3 Å². The van der Waals surface area contributed by atoms with Crippen LogP contribution in [0.3, 0.4) is 0 Å². The predicted octanol–water partition coefficient (Wildman–Crippen LogP) is 8.52. The molecule has 4 N–H and O–H groups in total. The zero-order valence-electron chi connectivity index (χ0n) is 40.6. The van der Waals surface area contributed by atoms with Gasteiger partial charge in [-0.25, -0.2) is 0 Å². The average Bonchev–Trinajstić information content (AvgIpc) is 3.21. The third-order valence-corrected chi connectivity index (χ3v) is 14.1. The van der Waals surface area contributed by atoms with E-state index in [0.717, 1.165) is 82.3 Å². The number of nitrogens with one attached hydrogen (secondary N) is 4. The number of hydrogen-bond donors (Lipinski definition) is 4. The summed E-state index contributed by atoms with van der Waals surface area (Å²) in [5, 5.41) is 10.8. The van der Waals surface area contributed by atoms with Gasteiger partial charge in [-0.15, -0.1) is 0 Å². The van der Waals surface area contributed by atoms with Gasteiger partial charge < -0.3 is 39.2 Å². The lowest BCUT2D eigenvalue weighted by Gasteiger charge is -2.37. The molecule has 58 heavy (non-hydrogen) atoms. The van der Waals surface area contributed by atoms with Crippen molar-refractivity contribution in [1.82, 2.24) is 21.3 Å². The highest BCUT2D eigenvalue weighted by Gasteiger charge is 2.25. The van der Waals surface area contributed by atoms with E-state index >= 15 is 0 Å². The van der Waals surface area contributed by atoms with Gasteiger partial charge in [0.05, 0.1) is 129 Å². The SMILES string of the molecule is CCCC[N+](CC)(CCC)CCSC(=O)NC.CCC[N+](CC)(CCC)CCSC(=O)NC.CC[N+](CC)(CC)CCSC(=O)NC.CNC(=O)SCC[N+](C)(C)C. The number of unbranched alkanes of at least 4 members (excludes halogenated alkanes) is 1. The van der Waals surface area contributed by atoms with Crippen LogP contribution in [0, 0.1) is 0 Å². The van der Waals surface area contributed by atoms with Crippen molar-refractivity contribution in [3.8, 4) is 0 Å². The minimum Gasteiger partial charge on any atom is -0.350 e. The van der Waals surface area contributed by atoms with Gasteiger partial charge in [0.2, 0.25) is 0 Å². The summed E-state index contributed by atoms with van der Waals surface area (Å²) in [5.41, 5.74) is 0. The molecule has 0 fully saturated rings. The van der Waals surface area contributed by atoms with Crippen LogP contribution in [0.25, 0.3) is 0 Å². The quantitative estimate of drug-likeness (QED) is 0.0640. The van der Waals surface area contributed by atoms with Gasteiger partial charge in [-0.2, -0.15) is 0 Å². The zero-order chi connectivity index (χ0) is 45.5. The fourth-order valence-electron chi connectivity index (χ4n) is 6.38. The van der Waals surface area contributed by atoms with Gasteiger partial charge in [0.15, 0.2) is 0 Å². The largest absolute Gasteiger partial charge is 0.350 e. The molecule has 0 rings (SSSR count). The van der Waals surface area contributed by atoms with Crippen molar-refractivity contribution >= 4 is 68.0 Å². The number of amides is 4. The average molecular weight is 906 g/mol. The van der Waals surface area contributed by atoms with E-state index in [2.05, 4.69) is 105 Å². The number of carbonyl (C=O) groups excluding carboxylic acids is 4. The molecule has 0 spiro atoms. The number of thioether (sulfide) groups is 4. The fourth-order valence-corrected chi connectivity index (χ4v) is 9.77. The van der Waals surface area contributed by atoms with Crippen LogP contribution in [0.5, 0.6) is 0 Å². The second-order valence-corrected chi connectivity index (χ2v) is 19.9. The first-order chi connectivity index (χ1) is 27.4. The molecule has 0 aromatic carbocycles. The maximum absolute atomic E-state index is 11.2. The van der Waals surface area contributed by atoms with Crippen molar-refractivity contribution in [1.29, 1.82) is 0 Å². The Morgan fingerprint density at radius 3 is 0.845 bits per heavy atom. The molecule has 0 aromatic rings. The van der Waals surface area contributed by atoms with Crippen LogP contribution in [-0.2, 0) is 0 Å². The number of carbonyl (C=O) groups is 4. The third kappa shape index (κ3) is 35.8. The Balaban J connectivity index is -0.000000339. The van der Waals surface area contributed by atoms with Crippen molar-refractivity contribution in [2.45, 2.75) is 94.4 Å². The molecule has 348 valence electrons. The molecule has 0 aliphatic heterocycles. The van der Waals surface area contributed by atoms with Crippen LogP contribution >= 0.6 is 47.0 Å². The molecular formula is C42H96N8O4S4+4. The van der Waals surface area contributed by atoms with Gasteiger partial charge in [0, 0.05) is 28.2 Å². The van der Waals surface area contributed by atoms with Crippen LogP contribution in [-0.4, -0.2) is 196 Å². The maximum Gasteiger partial charge on any atom is 0.279 e. The van der Waals surface area contributed by atoms with E-state index in [1.165, 1.54) is 123 Å². The van der Waals surface area contributed by atoms with E-state index in [0.29, 0.717) is 0 Å². The van der Waals surface area contributed by atoms with Crippen LogP contribution in [0.2, 0.25) is 0 Å². The number of quaternary nitrogens is 4. The minimum absolute atomic E-state index is 0.0541. The topological polar surface area (TPSA) is 116 Å². The molecule has 0 radical (unpaired) electrons. The standard InChI is InChI=1S/C13H28N2OS.C12H26N2OS.C10H22N2OS.C7H16N2OS/c1-5-8-10-15(7-3,9-6-2)11-12-17-13(16)14-4;1-5-8-14(7-3,9-6-2)10-11-16-12(15)13-4;1-5-12(6-2,7-3)8-9-14-10(13)11-4;1-8-7(10)11-6-5-9(2,3)4/h5-12H2,1-4H3;5-11H2,1-4H3;5-9H2,1-4H3;5-6H2,1-4H3/p+4. The number of nitrogens with zero attached hydrogens (tertiary/aromatic N) is 4. The van der Waals surface area contributed by atoms with Gasteiger partial charge in [-0.05, 0) is 60.3 Å². The first-order valence-electron chi connectivity index (χ1n) is 22.1. The summed E-state index contributed by atoms with van der Waals surface area (Å²) < 4.78 is 4.36. The summed E-state index contributed by atoms with van der Waals surface area (Å²) >= 11 is 5.54. The number of rotatable bonds is 26. The summed E-state index contributed by atoms with van der Waals surface area (Å²) in [5.74, 6) is 3.64. The molecule has 0 bridgehead atoms. The summed E-state index contributed by atoms with van der Waals surface area (Å²) in [4.78, 5) is 44.1. The van der Waals surface area contributed by atoms with Crippen LogP contribution in [0.15, 0.2) is 0 Å². The third-order valence-electron chi connectivity index (χ3n) is 10.6. The lowest BCUT2D eigenvalue weighted by molar-refractivity contribution is -0.924. The van der Waals surface area contributed by atoms with E-state index in [1.54, 1.807) is 28.2 Å². The van der Waals surface area contributed by atoms with E-state index < -0.39 is 0 Å². The lowest BCUT2D eigenvalue weighted by atomic mass is 10.2. The summed E-state index contributed by atoms with van der Waals surface area (Å²) in [6.45, 7) is 35.3. The van der Waals surface area contributed by atoms with E-state index in [9.17, 15) is 19.2 Å². The normalized spacial score (nSPS) is 12.3. The van der Waals surface area contributed by atoms with Gasteiger partial charge in [-0.3, -0.25) is 19.2 Å². The first kappa shape index (κ1) is 63.8. The van der Waals surface area contributed by atoms with E-state index in [1.807, 2.05) is 0 Å². The molecule has 0 aliphatic rings. The summed E-state index contributed by atoms with van der Waals surface area (Å²) in [6.07, 6.45) is 6.21. The van der Waals surface area contributed by atoms with Gasteiger partial charge in [0.1, 0.15) is 0 Å². The first-order valence-corrected chi connectivity index (χ1v) is 26.0. The van der Waals surface area contributed by atoms with Gasteiger partial charge in [-0.1, -0.05) is 81.2 Å². The molecule has 4 amide bonds. The van der Waals surface area contributed by atoms with Crippen molar-refractivity contribution < 1.29 is 37.1 Å².